The Bertz CT molecular complexity index is 1100. The van der Waals surface area contributed by atoms with E-state index in [-0.39, 0.29) is 5.91 Å². The number of thiophene rings is 2. The van der Waals surface area contributed by atoms with Crippen molar-refractivity contribution in [3.05, 3.63) is 51.3 Å². The van der Waals surface area contributed by atoms with E-state index in [9.17, 15) is 4.79 Å². The van der Waals surface area contributed by atoms with Gasteiger partial charge in [0.15, 0.2) is 0 Å². The van der Waals surface area contributed by atoms with Gasteiger partial charge in [0.05, 0.1) is 23.5 Å². The van der Waals surface area contributed by atoms with Gasteiger partial charge in [0, 0.05) is 42.5 Å². The summed E-state index contributed by atoms with van der Waals surface area (Å²) >= 11 is 4.87. The Kier molecular flexibility index (Phi) is 5.71. The van der Waals surface area contributed by atoms with Crippen molar-refractivity contribution >= 4 is 39.9 Å². The van der Waals surface area contributed by atoms with Crippen LogP contribution in [-0.4, -0.2) is 57.0 Å². The average molecular weight is 458 g/mol. The maximum atomic E-state index is 12.7. The van der Waals surface area contributed by atoms with Crippen LogP contribution in [0.25, 0.3) is 21.3 Å². The summed E-state index contributed by atoms with van der Waals surface area (Å²) in [5.41, 5.74) is 1.83. The maximum absolute atomic E-state index is 12.7. The predicted octanol–water partition coefficient (Wildman–Crippen LogP) is 3.87. The number of nitrogens with zero attached hydrogens (tertiary/aromatic N) is 5. The van der Waals surface area contributed by atoms with Crippen LogP contribution in [0.1, 0.15) is 11.6 Å². The van der Waals surface area contributed by atoms with Crippen molar-refractivity contribution in [2.75, 3.05) is 26.2 Å². The Morgan fingerprint density at radius 3 is 2.73 bits per heavy atom. The summed E-state index contributed by atoms with van der Waals surface area (Å²) in [7, 11) is 0. The van der Waals surface area contributed by atoms with Gasteiger partial charge in [0.25, 0.3) is 0 Å². The standard InChI is InChI=1S/C20H19N5O2S3/c26-18(10-15-13-30-20(21-15)16-2-1-8-29-16)25-6-4-24(5-7-25)11-17-22-19(23-27-17)14-3-9-28-12-14/h1-3,8-9,12-13H,4-7,10-11H2. The fourth-order valence-electron chi connectivity index (χ4n) is 3.34. The molecule has 0 spiro atoms. The van der Waals surface area contributed by atoms with Crippen LogP contribution in [0.2, 0.25) is 0 Å². The third kappa shape index (κ3) is 4.36. The van der Waals surface area contributed by atoms with Gasteiger partial charge in [-0.15, -0.1) is 22.7 Å². The molecule has 1 aliphatic rings. The van der Waals surface area contributed by atoms with Crippen molar-refractivity contribution < 1.29 is 9.32 Å². The highest BCUT2D eigenvalue weighted by atomic mass is 32.1. The minimum absolute atomic E-state index is 0.134. The highest BCUT2D eigenvalue weighted by Gasteiger charge is 2.23. The Labute approximate surface area is 185 Å². The molecule has 7 nitrogen and oxygen atoms in total. The second-order valence-corrected chi connectivity index (χ2v) is 9.56. The summed E-state index contributed by atoms with van der Waals surface area (Å²) in [4.78, 5) is 27.1. The van der Waals surface area contributed by atoms with Crippen LogP contribution in [0, 0.1) is 0 Å². The van der Waals surface area contributed by atoms with Crippen molar-refractivity contribution in [3.63, 3.8) is 0 Å². The van der Waals surface area contributed by atoms with Crippen LogP contribution in [0.15, 0.2) is 44.2 Å². The Morgan fingerprint density at radius 1 is 1.07 bits per heavy atom. The molecule has 1 aliphatic heterocycles. The van der Waals surface area contributed by atoms with Crippen LogP contribution in [-0.2, 0) is 17.8 Å². The Hall–Kier alpha value is -2.40. The fourth-order valence-corrected chi connectivity index (χ4v) is 5.61. The summed E-state index contributed by atoms with van der Waals surface area (Å²) in [5.74, 6) is 1.38. The molecular weight excluding hydrogens is 438 g/mol. The smallest absolute Gasteiger partial charge is 0.241 e. The van der Waals surface area contributed by atoms with Gasteiger partial charge in [-0.25, -0.2) is 4.98 Å². The van der Waals surface area contributed by atoms with E-state index >= 15 is 0 Å². The molecule has 5 heterocycles. The lowest BCUT2D eigenvalue weighted by molar-refractivity contribution is -0.132. The summed E-state index contributed by atoms with van der Waals surface area (Å²) in [5, 5.41) is 13.1. The van der Waals surface area contributed by atoms with E-state index in [2.05, 4.69) is 26.1 Å². The van der Waals surface area contributed by atoms with Gasteiger partial charge in [0.1, 0.15) is 5.01 Å². The molecule has 154 valence electrons. The molecule has 4 aromatic rings. The monoisotopic (exact) mass is 457 g/mol. The first-order chi connectivity index (χ1) is 14.7. The third-order valence-electron chi connectivity index (χ3n) is 4.95. The SMILES string of the molecule is O=C(Cc1csc(-c2cccs2)n1)N1CCN(Cc2nc(-c3ccsc3)no2)CC1. The second-order valence-electron chi connectivity index (χ2n) is 6.98. The Morgan fingerprint density at radius 2 is 1.97 bits per heavy atom. The molecule has 0 unspecified atom stereocenters. The highest BCUT2D eigenvalue weighted by Crippen LogP contribution is 2.28. The number of rotatable bonds is 6. The molecule has 30 heavy (non-hydrogen) atoms. The molecule has 0 aromatic carbocycles. The average Bonchev–Trinajstić information content (AvgIpc) is 3.55. The predicted molar refractivity (Wildman–Crippen MR) is 119 cm³/mol. The molecule has 1 amide bonds. The fraction of sp³-hybridized carbons (Fsp3) is 0.300. The van der Waals surface area contributed by atoms with Gasteiger partial charge in [-0.3, -0.25) is 9.69 Å². The van der Waals surface area contributed by atoms with Gasteiger partial charge in [0.2, 0.25) is 17.6 Å². The highest BCUT2D eigenvalue weighted by molar-refractivity contribution is 7.20. The molecule has 0 atom stereocenters. The number of hydrogen-bond acceptors (Lipinski definition) is 9. The lowest BCUT2D eigenvalue weighted by Gasteiger charge is -2.33. The second kappa shape index (κ2) is 8.76. The minimum Gasteiger partial charge on any atom is -0.340 e. The number of carbonyl (C=O) groups excluding carboxylic acids is 1. The van der Waals surface area contributed by atoms with Crippen molar-refractivity contribution in [2.24, 2.45) is 0 Å². The zero-order valence-corrected chi connectivity index (χ0v) is 18.5. The summed E-state index contributed by atoms with van der Waals surface area (Å²) in [6.07, 6.45) is 0.357. The maximum Gasteiger partial charge on any atom is 0.241 e. The zero-order valence-electron chi connectivity index (χ0n) is 16.1. The van der Waals surface area contributed by atoms with Gasteiger partial charge in [-0.1, -0.05) is 11.2 Å². The molecular formula is C20H19N5O2S3. The summed E-state index contributed by atoms with van der Waals surface area (Å²) in [6.45, 7) is 3.59. The van der Waals surface area contributed by atoms with Crippen LogP contribution < -0.4 is 0 Å². The molecule has 1 fully saturated rings. The van der Waals surface area contributed by atoms with Crippen LogP contribution in [0.4, 0.5) is 0 Å². The van der Waals surface area contributed by atoms with Crippen LogP contribution in [0.5, 0.6) is 0 Å². The Balaban J connectivity index is 1.12. The number of thiazole rings is 1. The van der Waals surface area contributed by atoms with Gasteiger partial charge >= 0.3 is 0 Å². The van der Waals surface area contributed by atoms with E-state index < -0.39 is 0 Å². The third-order valence-corrected chi connectivity index (χ3v) is 7.56. The first-order valence-electron chi connectivity index (χ1n) is 9.58. The lowest BCUT2D eigenvalue weighted by atomic mass is 10.2. The molecule has 4 aromatic heterocycles. The van der Waals surface area contributed by atoms with E-state index in [1.807, 2.05) is 38.6 Å². The van der Waals surface area contributed by atoms with Gasteiger partial charge in [-0.05, 0) is 22.9 Å². The number of aromatic nitrogens is 3. The largest absolute Gasteiger partial charge is 0.340 e. The molecule has 0 saturated carbocycles. The quantitative estimate of drug-likeness (QED) is 0.438. The molecule has 0 radical (unpaired) electrons. The van der Waals surface area contributed by atoms with E-state index in [0.717, 1.165) is 34.2 Å². The number of hydrogen-bond donors (Lipinski definition) is 0. The van der Waals surface area contributed by atoms with E-state index in [1.165, 1.54) is 0 Å². The zero-order chi connectivity index (χ0) is 20.3. The van der Waals surface area contributed by atoms with E-state index in [0.29, 0.717) is 37.8 Å². The van der Waals surface area contributed by atoms with Crippen molar-refractivity contribution in [1.29, 1.82) is 0 Å². The van der Waals surface area contributed by atoms with Crippen LogP contribution in [0.3, 0.4) is 0 Å². The normalized spacial score (nSPS) is 15.0. The minimum atomic E-state index is 0.134. The van der Waals surface area contributed by atoms with Gasteiger partial charge in [-0.2, -0.15) is 16.3 Å². The molecule has 10 heteroatoms. The summed E-state index contributed by atoms with van der Waals surface area (Å²) < 4.78 is 5.39. The number of amides is 1. The first-order valence-corrected chi connectivity index (χ1v) is 12.3. The summed E-state index contributed by atoms with van der Waals surface area (Å²) in [6, 6.07) is 6.05. The van der Waals surface area contributed by atoms with Crippen LogP contribution >= 0.6 is 34.0 Å². The molecule has 0 aliphatic carbocycles. The molecule has 0 bridgehead atoms. The van der Waals surface area contributed by atoms with E-state index in [1.54, 1.807) is 34.0 Å². The van der Waals surface area contributed by atoms with Crippen molar-refractivity contribution in [2.45, 2.75) is 13.0 Å². The lowest BCUT2D eigenvalue weighted by Crippen LogP contribution is -2.48. The first kappa shape index (κ1) is 19.6. The van der Waals surface area contributed by atoms with Crippen molar-refractivity contribution in [3.8, 4) is 21.3 Å². The molecule has 1 saturated heterocycles. The van der Waals surface area contributed by atoms with Crippen molar-refractivity contribution in [1.82, 2.24) is 24.9 Å². The molecule has 0 N–H and O–H groups in total. The molecule has 5 rings (SSSR count). The topological polar surface area (TPSA) is 75.4 Å². The van der Waals surface area contributed by atoms with Gasteiger partial charge < -0.3 is 9.42 Å². The number of piperazine rings is 1. The number of carbonyl (C=O) groups is 1. The van der Waals surface area contributed by atoms with E-state index in [4.69, 9.17) is 4.52 Å².